The van der Waals surface area contributed by atoms with Crippen molar-refractivity contribution in [3.05, 3.63) is 80.2 Å². The van der Waals surface area contributed by atoms with Gasteiger partial charge in [0.2, 0.25) is 0 Å². The first-order chi connectivity index (χ1) is 11.4. The summed E-state index contributed by atoms with van der Waals surface area (Å²) in [7, 11) is 0. The van der Waals surface area contributed by atoms with E-state index in [2.05, 4.69) is 15.9 Å². The maximum atomic E-state index is 6.09. The van der Waals surface area contributed by atoms with Crippen LogP contribution in [0.2, 0.25) is 15.1 Å². The number of hydrogen-bond donors (Lipinski definition) is 2. The molecule has 3 rings (SSSR count). The highest BCUT2D eigenvalue weighted by molar-refractivity contribution is 9.10. The second-order valence-corrected chi connectivity index (χ2v) is 7.02. The van der Waals surface area contributed by atoms with E-state index in [0.29, 0.717) is 26.4 Å². The molecule has 0 aliphatic rings. The molecule has 3 aromatic rings. The van der Waals surface area contributed by atoms with Crippen LogP contribution < -0.4 is 11.5 Å². The minimum Gasteiger partial charge on any atom is -0.399 e. The number of hydrogen-bond acceptors (Lipinski definition) is 2. The van der Waals surface area contributed by atoms with Gasteiger partial charge in [-0.2, -0.15) is 0 Å². The van der Waals surface area contributed by atoms with E-state index < -0.39 is 0 Å². The number of nitrogens with two attached hydrogens (primary N) is 2. The van der Waals surface area contributed by atoms with Crippen LogP contribution in [0.4, 0.5) is 11.4 Å². The summed E-state index contributed by atoms with van der Waals surface area (Å²) in [5.41, 5.74) is 14.4. The van der Waals surface area contributed by atoms with Crippen LogP contribution in [-0.4, -0.2) is 0 Å². The van der Waals surface area contributed by atoms with Crippen molar-refractivity contribution in [2.75, 3.05) is 11.5 Å². The van der Waals surface area contributed by atoms with Crippen molar-refractivity contribution in [3.63, 3.8) is 0 Å². The second-order valence-electron chi connectivity index (χ2n) is 4.92. The Bertz CT molecular complexity index is 836. The molecule has 0 spiro atoms. The quantitative estimate of drug-likeness (QED) is 0.400. The van der Waals surface area contributed by atoms with Gasteiger partial charge in [-0.3, -0.25) is 0 Å². The molecule has 0 aliphatic heterocycles. The highest BCUT2D eigenvalue weighted by Crippen LogP contribution is 2.30. The maximum Gasteiger partial charge on any atom is 0.0568 e. The Labute approximate surface area is 164 Å². The third kappa shape index (κ3) is 5.32. The topological polar surface area (TPSA) is 52.0 Å². The molecule has 0 bridgehead atoms. The molecule has 0 aromatic heterocycles. The Morgan fingerprint density at radius 1 is 0.667 bits per heavy atom. The normalized spacial score (nSPS) is 10.0. The third-order valence-corrected chi connectivity index (χ3v) is 4.89. The van der Waals surface area contributed by atoms with Gasteiger partial charge in [0.1, 0.15) is 0 Å². The molecule has 0 amide bonds. The van der Waals surface area contributed by atoms with Gasteiger partial charge in [0.15, 0.2) is 0 Å². The predicted octanol–water partition coefficient (Wildman–Crippen LogP) is 6.93. The summed E-state index contributed by atoms with van der Waals surface area (Å²) in [4.78, 5) is 0. The van der Waals surface area contributed by atoms with Crippen molar-refractivity contribution in [2.45, 2.75) is 0 Å². The first-order valence-corrected chi connectivity index (χ1v) is 8.81. The molecule has 24 heavy (non-hydrogen) atoms. The first-order valence-electron chi connectivity index (χ1n) is 6.88. The molecule has 2 nitrogen and oxygen atoms in total. The molecule has 0 radical (unpaired) electrons. The van der Waals surface area contributed by atoms with Gasteiger partial charge in [0.05, 0.1) is 10.0 Å². The minimum absolute atomic E-state index is 0.648. The SMILES string of the molecule is Nc1ccc(-c2ccc(Cl)cc2)c(Cl)c1.Nc1ccc(Br)c(Cl)c1. The van der Waals surface area contributed by atoms with Crippen LogP contribution in [-0.2, 0) is 0 Å². The Hall–Kier alpha value is -1.39. The fourth-order valence-electron chi connectivity index (χ4n) is 1.91. The molecule has 0 unspecified atom stereocenters. The van der Waals surface area contributed by atoms with E-state index in [1.807, 2.05) is 42.5 Å². The Kier molecular flexibility index (Phi) is 6.81. The second kappa shape index (κ2) is 8.63. The minimum atomic E-state index is 0.648. The van der Waals surface area contributed by atoms with E-state index in [4.69, 9.17) is 46.3 Å². The Balaban J connectivity index is 0.000000198. The van der Waals surface area contributed by atoms with Crippen molar-refractivity contribution in [1.82, 2.24) is 0 Å². The number of anilines is 2. The molecule has 6 heteroatoms. The molecule has 0 heterocycles. The van der Waals surface area contributed by atoms with Crippen molar-refractivity contribution in [2.24, 2.45) is 0 Å². The molecule has 124 valence electrons. The van der Waals surface area contributed by atoms with Gasteiger partial charge in [-0.1, -0.05) is 53.0 Å². The van der Waals surface area contributed by atoms with Crippen LogP contribution in [0.25, 0.3) is 11.1 Å². The summed E-state index contributed by atoms with van der Waals surface area (Å²) in [6.45, 7) is 0. The van der Waals surface area contributed by atoms with Gasteiger partial charge in [-0.05, 0) is 64.0 Å². The Morgan fingerprint density at radius 3 is 1.71 bits per heavy atom. The summed E-state index contributed by atoms with van der Waals surface area (Å²) in [6, 6.07) is 18.3. The summed E-state index contributed by atoms with van der Waals surface area (Å²) in [5.74, 6) is 0. The smallest absolute Gasteiger partial charge is 0.0568 e. The summed E-state index contributed by atoms with van der Waals surface area (Å²) in [5, 5.41) is 2.01. The van der Waals surface area contributed by atoms with Crippen molar-refractivity contribution in [1.29, 1.82) is 0 Å². The predicted molar refractivity (Wildman–Crippen MR) is 110 cm³/mol. The molecular weight excluding hydrogens is 430 g/mol. The van der Waals surface area contributed by atoms with Gasteiger partial charge in [-0.25, -0.2) is 0 Å². The summed E-state index contributed by atoms with van der Waals surface area (Å²) >= 11 is 20.8. The lowest BCUT2D eigenvalue weighted by Gasteiger charge is -2.05. The van der Waals surface area contributed by atoms with Crippen LogP contribution >= 0.6 is 50.7 Å². The lowest BCUT2D eigenvalue weighted by molar-refractivity contribution is 1.61. The number of halogens is 4. The highest BCUT2D eigenvalue weighted by Gasteiger charge is 2.03. The van der Waals surface area contributed by atoms with E-state index in [1.165, 1.54) is 0 Å². The largest absolute Gasteiger partial charge is 0.399 e. The maximum absolute atomic E-state index is 6.09. The zero-order valence-electron chi connectivity index (χ0n) is 12.4. The molecule has 3 aromatic carbocycles. The van der Waals surface area contributed by atoms with E-state index in [0.717, 1.165) is 15.6 Å². The van der Waals surface area contributed by atoms with Gasteiger partial charge in [0, 0.05) is 26.4 Å². The summed E-state index contributed by atoms with van der Waals surface area (Å²) < 4.78 is 0.873. The van der Waals surface area contributed by atoms with Gasteiger partial charge >= 0.3 is 0 Å². The first kappa shape index (κ1) is 18.9. The molecule has 0 fully saturated rings. The zero-order chi connectivity index (χ0) is 17.7. The van der Waals surface area contributed by atoms with Gasteiger partial charge < -0.3 is 11.5 Å². The van der Waals surface area contributed by atoms with Crippen molar-refractivity contribution in [3.8, 4) is 11.1 Å². The van der Waals surface area contributed by atoms with Crippen molar-refractivity contribution < 1.29 is 0 Å². The fraction of sp³-hybridized carbons (Fsp3) is 0. The van der Waals surface area contributed by atoms with Crippen molar-refractivity contribution >= 4 is 62.1 Å². The average Bonchev–Trinajstić information content (AvgIpc) is 2.53. The number of benzene rings is 3. The average molecular weight is 445 g/mol. The van der Waals surface area contributed by atoms with Crippen LogP contribution in [0, 0.1) is 0 Å². The monoisotopic (exact) mass is 442 g/mol. The number of rotatable bonds is 1. The Morgan fingerprint density at radius 2 is 1.21 bits per heavy atom. The van der Waals surface area contributed by atoms with E-state index in [1.54, 1.807) is 18.2 Å². The van der Waals surface area contributed by atoms with E-state index in [9.17, 15) is 0 Å². The molecule has 0 saturated heterocycles. The standard InChI is InChI=1S/C12H9Cl2N.C6H5BrClN/c13-9-3-1-8(2-4-9)11-6-5-10(15)7-12(11)14;7-5-2-1-4(9)3-6(5)8/h1-7H,15H2;1-3H,9H2. The molecule has 4 N–H and O–H groups in total. The van der Waals surface area contributed by atoms with Crippen LogP contribution in [0.1, 0.15) is 0 Å². The third-order valence-electron chi connectivity index (χ3n) is 3.09. The van der Waals surface area contributed by atoms with Crippen LogP contribution in [0.5, 0.6) is 0 Å². The lowest BCUT2D eigenvalue weighted by atomic mass is 10.1. The summed E-state index contributed by atoms with van der Waals surface area (Å²) in [6.07, 6.45) is 0. The lowest BCUT2D eigenvalue weighted by Crippen LogP contribution is -1.85. The van der Waals surface area contributed by atoms with Gasteiger partial charge in [-0.15, -0.1) is 0 Å². The van der Waals surface area contributed by atoms with Gasteiger partial charge in [0.25, 0.3) is 0 Å². The highest BCUT2D eigenvalue weighted by atomic mass is 79.9. The van der Waals surface area contributed by atoms with Crippen LogP contribution in [0.15, 0.2) is 65.1 Å². The molecular formula is C18H14BrCl3N2. The zero-order valence-corrected chi connectivity index (χ0v) is 16.3. The number of nitrogen functional groups attached to an aromatic ring is 2. The van der Waals surface area contributed by atoms with E-state index >= 15 is 0 Å². The van der Waals surface area contributed by atoms with E-state index in [-0.39, 0.29) is 0 Å². The molecule has 0 saturated carbocycles. The molecule has 0 atom stereocenters. The fourth-order valence-corrected chi connectivity index (χ4v) is 2.77. The van der Waals surface area contributed by atoms with Crippen LogP contribution in [0.3, 0.4) is 0 Å². The molecule has 0 aliphatic carbocycles.